The zero-order valence-electron chi connectivity index (χ0n) is 10.5. The van der Waals surface area contributed by atoms with Crippen LogP contribution in [0.25, 0.3) is 0 Å². The Bertz CT molecular complexity index is 151. The minimum Gasteiger partial charge on any atom is -0.460 e. The number of ether oxygens (including phenoxy) is 2. The number of alkyl halides is 3. The van der Waals surface area contributed by atoms with Gasteiger partial charge < -0.3 is 21.7 Å². The summed E-state index contributed by atoms with van der Waals surface area (Å²) in [7, 11) is 0. The topological polar surface area (TPSA) is 30.5 Å². The molecule has 3 nitrogen and oxygen atoms in total. The van der Waals surface area contributed by atoms with E-state index in [1.165, 1.54) is 0 Å². The molecular weight excluding hydrogens is 289 g/mol. The Hall–Kier alpha value is 2.94. The van der Waals surface area contributed by atoms with Gasteiger partial charge in [0.1, 0.15) is 0 Å². The van der Waals surface area contributed by atoms with Crippen LogP contribution >= 0.6 is 0 Å². The van der Waals surface area contributed by atoms with Crippen LogP contribution in [0.4, 0.5) is 13.2 Å². The molecule has 1 N–H and O–H groups in total. The Morgan fingerprint density at radius 1 is 1.00 bits per heavy atom. The third-order valence-electron chi connectivity index (χ3n) is 1.32. The number of nitrogens with one attached hydrogen (secondary N) is 1. The summed E-state index contributed by atoms with van der Waals surface area (Å²) in [6.07, 6.45) is -3.58. The second-order valence-electron chi connectivity index (χ2n) is 2.72. The van der Waals surface area contributed by atoms with E-state index in [0.717, 1.165) is 0 Å². The molecule has 17 heavy (non-hydrogen) atoms. The van der Waals surface area contributed by atoms with E-state index in [4.69, 9.17) is 9.47 Å². The molecule has 0 amide bonds. The molecule has 0 bridgehead atoms. The minimum atomic E-state index is -4.28. The van der Waals surface area contributed by atoms with Crippen LogP contribution in [-0.2, 0) is 9.47 Å². The average molecular weight is 305 g/mol. The summed E-state index contributed by atoms with van der Waals surface area (Å²) in [5.74, 6) is 0. The van der Waals surface area contributed by atoms with Crippen molar-refractivity contribution in [1.29, 1.82) is 0 Å². The van der Waals surface area contributed by atoms with Gasteiger partial charge in [0.15, 0.2) is 0 Å². The van der Waals surface area contributed by atoms with Crippen molar-refractivity contribution in [1.82, 2.24) is 5.32 Å². The van der Waals surface area contributed by atoms with Gasteiger partial charge in [-0.2, -0.15) is 13.0 Å². The first-order valence-corrected chi connectivity index (χ1v) is 4.65. The number of hydrogen-bond acceptors (Lipinski definition) is 3. The maximum Gasteiger partial charge on any atom is 1.00 e. The Balaban J connectivity index is -0.000000980. The second-order valence-corrected chi connectivity index (χ2v) is 2.72. The summed E-state index contributed by atoms with van der Waals surface area (Å²) in [6, 6.07) is 0. The summed E-state index contributed by atoms with van der Waals surface area (Å²) in [6.45, 7) is 5.43. The molecule has 92 valence electrons. The van der Waals surface area contributed by atoms with Gasteiger partial charge in [0.05, 0.1) is 19.8 Å². The third kappa shape index (κ3) is 24.4. The van der Waals surface area contributed by atoms with Crippen LogP contribution in [0.2, 0.25) is 0 Å². The van der Waals surface area contributed by atoms with E-state index < -0.39 is 6.18 Å². The predicted octanol–water partition coefficient (Wildman–Crippen LogP) is -4.43. The van der Waals surface area contributed by atoms with Gasteiger partial charge >= 0.3 is 103 Å². The summed E-state index contributed by atoms with van der Waals surface area (Å²) >= 11 is 0. The Labute approximate surface area is 186 Å². The molecule has 0 rings (SSSR count). The van der Waals surface area contributed by atoms with Crippen molar-refractivity contribution < 1.29 is 125 Å². The van der Waals surface area contributed by atoms with Crippen molar-refractivity contribution in [3.8, 4) is 0 Å². The van der Waals surface area contributed by atoms with Crippen molar-refractivity contribution in [3.05, 3.63) is 13.5 Å². The maximum absolute atomic E-state index is 11.6. The summed E-state index contributed by atoms with van der Waals surface area (Å²) in [5, 5.41) is 2.10. The van der Waals surface area contributed by atoms with Crippen LogP contribution in [0, 0.1) is 13.5 Å². The van der Waals surface area contributed by atoms with Crippen molar-refractivity contribution >= 4 is 0 Å². The molecule has 0 atom stereocenters. The van der Waals surface area contributed by atoms with Crippen LogP contribution in [0.1, 0.15) is 6.42 Å². The number of hydrogen-bond donors (Lipinski definition) is 1. The van der Waals surface area contributed by atoms with Gasteiger partial charge in [-0.25, -0.2) is 13.2 Å². The SMILES string of the molecule is [CH2-]CCOCCOCCN[CH-]C(F)(F)F.[K+].[K+]. The molecule has 0 aromatic rings. The molecule has 0 radical (unpaired) electrons. The number of halogens is 3. The fraction of sp³-hybridized carbons (Fsp3) is 0.778. The Morgan fingerprint density at radius 2 is 1.53 bits per heavy atom. The van der Waals surface area contributed by atoms with Crippen LogP contribution in [0.15, 0.2) is 0 Å². The van der Waals surface area contributed by atoms with Gasteiger partial charge in [0.2, 0.25) is 0 Å². The monoisotopic (exact) mass is 305 g/mol. The summed E-state index contributed by atoms with van der Waals surface area (Å²) in [5.41, 5.74) is 0. The van der Waals surface area contributed by atoms with E-state index in [1.807, 2.05) is 0 Å². The molecule has 0 aromatic carbocycles. The molecule has 0 unspecified atom stereocenters. The Morgan fingerprint density at radius 3 is 2.00 bits per heavy atom. The van der Waals surface area contributed by atoms with Gasteiger partial charge in [-0.3, -0.25) is 0 Å². The van der Waals surface area contributed by atoms with E-state index >= 15 is 0 Å². The first kappa shape index (κ1) is 24.9. The molecular formula is C9H16F3K2NO2. The zero-order chi connectivity index (χ0) is 11.6. The van der Waals surface area contributed by atoms with E-state index in [1.54, 1.807) is 0 Å². The fourth-order valence-corrected chi connectivity index (χ4v) is 0.743. The van der Waals surface area contributed by atoms with Crippen molar-refractivity contribution in [2.45, 2.75) is 12.6 Å². The van der Waals surface area contributed by atoms with Gasteiger partial charge in [0, 0.05) is 6.61 Å². The van der Waals surface area contributed by atoms with Crippen molar-refractivity contribution in [2.75, 3.05) is 33.0 Å². The summed E-state index contributed by atoms with van der Waals surface area (Å²) in [4.78, 5) is 0. The van der Waals surface area contributed by atoms with Gasteiger partial charge in [-0.1, -0.05) is 0 Å². The first-order chi connectivity index (χ1) is 7.06. The molecule has 0 aromatic heterocycles. The molecule has 0 saturated heterocycles. The van der Waals surface area contributed by atoms with Crippen molar-refractivity contribution in [3.63, 3.8) is 0 Å². The van der Waals surface area contributed by atoms with E-state index in [9.17, 15) is 13.2 Å². The average Bonchev–Trinajstić information content (AvgIpc) is 2.14. The normalized spacial score (nSPS) is 10.6. The van der Waals surface area contributed by atoms with Crippen LogP contribution in [-0.4, -0.2) is 39.1 Å². The standard InChI is InChI=1S/C9H16F3NO2.2K/c1-2-4-14-6-7-15-5-3-13-8-9(10,11)12;;/h8,13H,1-7H2;;/q-2;2*+1. The Kier molecular flexibility index (Phi) is 24.9. The van der Waals surface area contributed by atoms with E-state index in [2.05, 4.69) is 12.2 Å². The van der Waals surface area contributed by atoms with Crippen molar-refractivity contribution in [2.24, 2.45) is 0 Å². The molecule has 8 heteroatoms. The minimum absolute atomic E-state index is 0. The predicted molar refractivity (Wildman–Crippen MR) is 50.0 cm³/mol. The maximum atomic E-state index is 11.6. The molecule has 0 aliphatic carbocycles. The molecule has 0 aliphatic heterocycles. The van der Waals surface area contributed by atoms with E-state index in [-0.39, 0.29) is 122 Å². The zero-order valence-corrected chi connectivity index (χ0v) is 16.7. The van der Waals surface area contributed by atoms with E-state index in [0.29, 0.717) is 26.2 Å². The second kappa shape index (κ2) is 17.0. The summed E-state index contributed by atoms with van der Waals surface area (Å²) < 4.78 is 44.8. The molecule has 0 heterocycles. The number of rotatable bonds is 9. The molecule has 0 aliphatic rings. The smallest absolute Gasteiger partial charge is 0.460 e. The third-order valence-corrected chi connectivity index (χ3v) is 1.32. The quantitative estimate of drug-likeness (QED) is 0.265. The first-order valence-electron chi connectivity index (χ1n) is 4.65. The van der Waals surface area contributed by atoms with Gasteiger partial charge in [0.25, 0.3) is 6.18 Å². The molecule has 0 saturated carbocycles. The van der Waals surface area contributed by atoms with Crippen LogP contribution < -0.4 is 108 Å². The largest absolute Gasteiger partial charge is 1.00 e. The molecule has 0 spiro atoms. The molecule has 0 fully saturated rings. The van der Waals surface area contributed by atoms with Crippen LogP contribution in [0.5, 0.6) is 0 Å². The fourth-order valence-electron chi connectivity index (χ4n) is 0.743. The van der Waals surface area contributed by atoms with Gasteiger partial charge in [-0.05, 0) is 6.54 Å². The van der Waals surface area contributed by atoms with Crippen LogP contribution in [0.3, 0.4) is 0 Å². The van der Waals surface area contributed by atoms with Gasteiger partial charge in [-0.15, -0.1) is 0 Å².